The number of aliphatic hydroxyl groups excluding tert-OH is 1. The van der Waals surface area contributed by atoms with Crippen molar-refractivity contribution in [2.75, 3.05) is 6.61 Å². The van der Waals surface area contributed by atoms with Crippen LogP contribution in [0.15, 0.2) is 30.3 Å². The van der Waals surface area contributed by atoms with Crippen LogP contribution in [0, 0.1) is 0 Å². The van der Waals surface area contributed by atoms with Crippen molar-refractivity contribution in [2.24, 2.45) is 0 Å². The van der Waals surface area contributed by atoms with Crippen LogP contribution in [0.3, 0.4) is 0 Å². The molecule has 3 nitrogen and oxygen atoms in total. The SMILES string of the molecule is CCC(CCO)NC(=O)/C=C(/C)c1cccc(Cl)c1. The number of carbonyl (C=O) groups is 1. The average molecular weight is 282 g/mol. The average Bonchev–Trinajstić information content (AvgIpc) is 2.38. The molecule has 0 fully saturated rings. The van der Waals surface area contributed by atoms with Gasteiger partial charge in [-0.25, -0.2) is 0 Å². The number of benzene rings is 1. The molecule has 0 saturated carbocycles. The van der Waals surface area contributed by atoms with Crippen molar-refractivity contribution in [2.45, 2.75) is 32.7 Å². The highest BCUT2D eigenvalue weighted by Crippen LogP contribution is 2.18. The summed E-state index contributed by atoms with van der Waals surface area (Å²) < 4.78 is 0. The Bertz CT molecular complexity index is 457. The third-order valence-electron chi connectivity index (χ3n) is 2.94. The maximum Gasteiger partial charge on any atom is 0.244 e. The zero-order chi connectivity index (χ0) is 14.3. The first kappa shape index (κ1) is 15.7. The van der Waals surface area contributed by atoms with Gasteiger partial charge in [-0.3, -0.25) is 4.79 Å². The molecule has 0 heterocycles. The molecular weight excluding hydrogens is 262 g/mol. The standard InChI is InChI=1S/C15H20ClNO2/c1-3-14(7-8-18)17-15(19)9-11(2)12-5-4-6-13(16)10-12/h4-6,9-10,14,18H,3,7-8H2,1-2H3,(H,17,19)/b11-9-. The highest BCUT2D eigenvalue weighted by atomic mass is 35.5. The van der Waals surface area contributed by atoms with Crippen LogP contribution in [0.2, 0.25) is 5.02 Å². The number of hydrogen-bond donors (Lipinski definition) is 2. The van der Waals surface area contributed by atoms with Crippen LogP contribution in [0.5, 0.6) is 0 Å². The number of allylic oxidation sites excluding steroid dienone is 1. The summed E-state index contributed by atoms with van der Waals surface area (Å²) in [7, 11) is 0. The van der Waals surface area contributed by atoms with Crippen LogP contribution in [0.25, 0.3) is 5.57 Å². The van der Waals surface area contributed by atoms with Gasteiger partial charge in [-0.1, -0.05) is 30.7 Å². The van der Waals surface area contributed by atoms with E-state index in [0.29, 0.717) is 11.4 Å². The number of amides is 1. The van der Waals surface area contributed by atoms with E-state index >= 15 is 0 Å². The Labute approximate surface area is 119 Å². The minimum Gasteiger partial charge on any atom is -0.396 e. The Morgan fingerprint density at radius 2 is 2.26 bits per heavy atom. The molecule has 0 radical (unpaired) electrons. The van der Waals surface area contributed by atoms with Gasteiger partial charge in [-0.05, 0) is 43.0 Å². The Kier molecular flexibility index (Phi) is 6.60. The Morgan fingerprint density at radius 3 is 2.84 bits per heavy atom. The first-order chi connectivity index (χ1) is 9.06. The largest absolute Gasteiger partial charge is 0.396 e. The van der Waals surface area contributed by atoms with Crippen LogP contribution in [-0.4, -0.2) is 23.7 Å². The van der Waals surface area contributed by atoms with Crippen LogP contribution in [-0.2, 0) is 4.79 Å². The van der Waals surface area contributed by atoms with Gasteiger partial charge in [0.1, 0.15) is 0 Å². The van der Waals surface area contributed by atoms with Crippen LogP contribution in [0.4, 0.5) is 0 Å². The molecule has 2 N–H and O–H groups in total. The van der Waals surface area contributed by atoms with Gasteiger partial charge in [0.25, 0.3) is 0 Å². The zero-order valence-corrected chi connectivity index (χ0v) is 12.1. The quantitative estimate of drug-likeness (QED) is 0.788. The van der Waals surface area contributed by atoms with Gasteiger partial charge in [-0.2, -0.15) is 0 Å². The van der Waals surface area contributed by atoms with Gasteiger partial charge in [0.05, 0.1) is 0 Å². The third kappa shape index (κ3) is 5.45. The molecule has 0 spiro atoms. The smallest absolute Gasteiger partial charge is 0.244 e. The summed E-state index contributed by atoms with van der Waals surface area (Å²) in [6.45, 7) is 3.93. The maximum atomic E-state index is 11.9. The van der Waals surface area contributed by atoms with Crippen molar-refractivity contribution in [3.63, 3.8) is 0 Å². The molecule has 0 saturated heterocycles. The highest BCUT2D eigenvalue weighted by molar-refractivity contribution is 6.30. The number of aliphatic hydroxyl groups is 1. The van der Waals surface area contributed by atoms with Crippen molar-refractivity contribution >= 4 is 23.1 Å². The molecule has 0 bridgehead atoms. The normalized spacial score (nSPS) is 13.2. The Balaban J connectivity index is 2.70. The summed E-state index contributed by atoms with van der Waals surface area (Å²) in [6.07, 6.45) is 2.94. The van der Waals surface area contributed by atoms with Crippen molar-refractivity contribution in [1.29, 1.82) is 0 Å². The van der Waals surface area contributed by atoms with E-state index < -0.39 is 0 Å². The molecule has 104 valence electrons. The molecule has 1 atom stereocenters. The molecule has 4 heteroatoms. The number of rotatable bonds is 6. The van der Waals surface area contributed by atoms with Crippen LogP contribution < -0.4 is 5.32 Å². The summed E-state index contributed by atoms with van der Waals surface area (Å²) >= 11 is 5.92. The number of halogens is 1. The predicted octanol–water partition coefficient (Wildman–Crippen LogP) is 3.02. The predicted molar refractivity (Wildman–Crippen MR) is 79.0 cm³/mol. The van der Waals surface area contributed by atoms with E-state index in [-0.39, 0.29) is 18.6 Å². The lowest BCUT2D eigenvalue weighted by atomic mass is 10.1. The fourth-order valence-electron chi connectivity index (χ4n) is 1.79. The molecule has 1 unspecified atom stereocenters. The fourth-order valence-corrected chi connectivity index (χ4v) is 1.98. The molecule has 1 rings (SSSR count). The molecular formula is C15H20ClNO2. The van der Waals surface area contributed by atoms with E-state index in [1.807, 2.05) is 32.0 Å². The molecule has 1 aromatic rings. The van der Waals surface area contributed by atoms with E-state index in [1.54, 1.807) is 12.1 Å². The van der Waals surface area contributed by atoms with Crippen molar-refractivity contribution < 1.29 is 9.90 Å². The first-order valence-corrected chi connectivity index (χ1v) is 6.80. The topological polar surface area (TPSA) is 49.3 Å². The van der Waals surface area contributed by atoms with Gasteiger partial charge in [0, 0.05) is 23.7 Å². The summed E-state index contributed by atoms with van der Waals surface area (Å²) in [6, 6.07) is 7.41. The summed E-state index contributed by atoms with van der Waals surface area (Å²) in [5, 5.41) is 12.4. The molecule has 1 aromatic carbocycles. The molecule has 0 aliphatic heterocycles. The van der Waals surface area contributed by atoms with Crippen LogP contribution in [0.1, 0.15) is 32.3 Å². The van der Waals surface area contributed by atoms with Crippen molar-refractivity contribution in [3.8, 4) is 0 Å². The van der Waals surface area contributed by atoms with Crippen LogP contribution >= 0.6 is 11.6 Å². The van der Waals surface area contributed by atoms with Gasteiger partial charge in [0.2, 0.25) is 5.91 Å². The Hall–Kier alpha value is -1.32. The van der Waals surface area contributed by atoms with Crippen molar-refractivity contribution in [3.05, 3.63) is 40.9 Å². The monoisotopic (exact) mass is 281 g/mol. The van der Waals surface area contributed by atoms with Gasteiger partial charge in [-0.15, -0.1) is 0 Å². The lowest BCUT2D eigenvalue weighted by Gasteiger charge is -2.14. The van der Waals surface area contributed by atoms with E-state index in [9.17, 15) is 4.79 Å². The number of hydrogen-bond acceptors (Lipinski definition) is 2. The van der Waals surface area contributed by atoms with Crippen molar-refractivity contribution in [1.82, 2.24) is 5.32 Å². The second-order valence-electron chi connectivity index (χ2n) is 4.46. The zero-order valence-electron chi connectivity index (χ0n) is 11.3. The van der Waals surface area contributed by atoms with E-state index in [4.69, 9.17) is 16.7 Å². The number of nitrogens with one attached hydrogen (secondary N) is 1. The fraction of sp³-hybridized carbons (Fsp3) is 0.400. The number of carbonyl (C=O) groups excluding carboxylic acids is 1. The second kappa shape index (κ2) is 7.97. The lowest BCUT2D eigenvalue weighted by Crippen LogP contribution is -2.33. The second-order valence-corrected chi connectivity index (χ2v) is 4.90. The minimum absolute atomic E-state index is 0.0147. The highest BCUT2D eigenvalue weighted by Gasteiger charge is 2.08. The molecule has 1 amide bonds. The van der Waals surface area contributed by atoms with Gasteiger partial charge >= 0.3 is 0 Å². The van der Waals surface area contributed by atoms with E-state index in [1.165, 1.54) is 0 Å². The summed E-state index contributed by atoms with van der Waals surface area (Å²) in [5.41, 5.74) is 1.79. The van der Waals surface area contributed by atoms with E-state index in [0.717, 1.165) is 17.6 Å². The van der Waals surface area contributed by atoms with Gasteiger partial charge in [0.15, 0.2) is 0 Å². The van der Waals surface area contributed by atoms with E-state index in [2.05, 4.69) is 5.32 Å². The summed E-state index contributed by atoms with van der Waals surface area (Å²) in [4.78, 5) is 11.9. The molecule has 0 aliphatic carbocycles. The maximum absolute atomic E-state index is 11.9. The minimum atomic E-state index is -0.141. The molecule has 0 aliphatic rings. The third-order valence-corrected chi connectivity index (χ3v) is 3.18. The Morgan fingerprint density at radius 1 is 1.53 bits per heavy atom. The first-order valence-electron chi connectivity index (χ1n) is 6.42. The molecule has 0 aromatic heterocycles. The summed E-state index contributed by atoms with van der Waals surface area (Å²) in [5.74, 6) is -0.141. The van der Waals surface area contributed by atoms with Gasteiger partial charge < -0.3 is 10.4 Å². The lowest BCUT2D eigenvalue weighted by molar-refractivity contribution is -0.117. The molecule has 19 heavy (non-hydrogen) atoms.